The van der Waals surface area contributed by atoms with Crippen molar-refractivity contribution in [3.63, 3.8) is 0 Å². The molecule has 138 valence electrons. The van der Waals surface area contributed by atoms with Gasteiger partial charge in [0.1, 0.15) is 11.6 Å². The van der Waals surface area contributed by atoms with Crippen LogP contribution in [0.3, 0.4) is 0 Å². The Hall–Kier alpha value is -1.29. The fraction of sp³-hybridized carbons (Fsp3) is 0.412. The van der Waals surface area contributed by atoms with Crippen LogP contribution in [0.15, 0.2) is 28.6 Å². The molecule has 0 saturated heterocycles. The average molecular weight is 480 g/mol. The number of hydrogen-bond donors (Lipinski definition) is 2. The second kappa shape index (κ2) is 10.6. The van der Waals surface area contributed by atoms with Crippen molar-refractivity contribution in [2.45, 2.75) is 32.7 Å². The van der Waals surface area contributed by atoms with E-state index in [1.807, 2.05) is 0 Å². The fourth-order valence-corrected chi connectivity index (χ4v) is 2.96. The number of guanidine groups is 1. The molecule has 1 aromatic carbocycles. The minimum absolute atomic E-state index is 0. The summed E-state index contributed by atoms with van der Waals surface area (Å²) in [6.07, 6.45) is 0.776. The van der Waals surface area contributed by atoms with E-state index in [0.717, 1.165) is 29.3 Å². The zero-order valence-electron chi connectivity index (χ0n) is 14.5. The van der Waals surface area contributed by atoms with Gasteiger partial charge in [-0.3, -0.25) is 4.99 Å². The molecule has 0 aliphatic heterocycles. The number of nitrogens with one attached hydrogen (secondary N) is 2. The van der Waals surface area contributed by atoms with Crippen LogP contribution in [0, 0.1) is 11.6 Å². The summed E-state index contributed by atoms with van der Waals surface area (Å²) < 4.78 is 26.7. The molecule has 0 atom stereocenters. The third kappa shape index (κ3) is 6.85. The van der Waals surface area contributed by atoms with Gasteiger partial charge < -0.3 is 10.6 Å². The van der Waals surface area contributed by atoms with Crippen molar-refractivity contribution < 1.29 is 8.78 Å². The van der Waals surface area contributed by atoms with Gasteiger partial charge in [-0.15, -0.1) is 35.3 Å². The lowest BCUT2D eigenvalue weighted by Crippen LogP contribution is -2.38. The van der Waals surface area contributed by atoms with E-state index < -0.39 is 11.6 Å². The Morgan fingerprint density at radius 2 is 2.04 bits per heavy atom. The molecule has 8 heteroatoms. The van der Waals surface area contributed by atoms with Crippen molar-refractivity contribution in [3.05, 3.63) is 51.5 Å². The highest BCUT2D eigenvalue weighted by Gasteiger charge is 2.07. The van der Waals surface area contributed by atoms with Crippen LogP contribution in [0.1, 0.15) is 36.0 Å². The van der Waals surface area contributed by atoms with Gasteiger partial charge in [0, 0.05) is 43.4 Å². The first-order valence-corrected chi connectivity index (χ1v) is 8.70. The first-order valence-electron chi connectivity index (χ1n) is 7.82. The molecule has 1 aromatic heterocycles. The maximum atomic E-state index is 13.6. The molecular formula is C17H23F2IN4S. The molecule has 0 fully saturated rings. The van der Waals surface area contributed by atoms with Crippen LogP contribution < -0.4 is 10.6 Å². The quantitative estimate of drug-likeness (QED) is 0.373. The normalized spacial score (nSPS) is 11.4. The lowest BCUT2D eigenvalue weighted by molar-refractivity contribution is 0.581. The molecule has 0 bridgehead atoms. The number of aliphatic imine (C=N–C) groups is 1. The minimum atomic E-state index is -0.458. The number of thiazole rings is 1. The second-order valence-electron chi connectivity index (χ2n) is 5.67. The zero-order valence-corrected chi connectivity index (χ0v) is 17.6. The first kappa shape index (κ1) is 21.8. The summed E-state index contributed by atoms with van der Waals surface area (Å²) in [6.45, 7) is 5.07. The molecule has 25 heavy (non-hydrogen) atoms. The molecule has 1 heterocycles. The molecule has 0 aliphatic carbocycles. The van der Waals surface area contributed by atoms with Crippen LogP contribution in [0.2, 0.25) is 0 Å². The lowest BCUT2D eigenvalue weighted by Gasteiger charge is -2.12. The Labute approximate surface area is 168 Å². The standard InChI is InChI=1S/C17H22F2N4S.HI/c1-11(2)16-23-14(10-24-16)6-7-21-17(20-3)22-9-12-8-13(18)4-5-15(12)19;/h4-5,8,10-11H,6-7,9H2,1-3H3,(H2,20,21,22);1H. The van der Waals surface area contributed by atoms with E-state index in [9.17, 15) is 8.78 Å². The molecular weight excluding hydrogens is 457 g/mol. The molecule has 2 N–H and O–H groups in total. The molecule has 0 unspecified atom stereocenters. The van der Waals surface area contributed by atoms with Gasteiger partial charge in [-0.2, -0.15) is 0 Å². The third-order valence-corrected chi connectivity index (χ3v) is 4.61. The monoisotopic (exact) mass is 480 g/mol. The summed E-state index contributed by atoms with van der Waals surface area (Å²) in [5, 5.41) is 9.32. The van der Waals surface area contributed by atoms with Gasteiger partial charge in [0.15, 0.2) is 5.96 Å². The van der Waals surface area contributed by atoms with Crippen LogP contribution >= 0.6 is 35.3 Å². The number of hydrogen-bond acceptors (Lipinski definition) is 3. The minimum Gasteiger partial charge on any atom is -0.356 e. The average Bonchev–Trinajstić information content (AvgIpc) is 3.03. The van der Waals surface area contributed by atoms with Gasteiger partial charge in [-0.1, -0.05) is 13.8 Å². The van der Waals surface area contributed by atoms with Crippen molar-refractivity contribution in [1.82, 2.24) is 15.6 Å². The van der Waals surface area contributed by atoms with Crippen LogP contribution in [0.5, 0.6) is 0 Å². The number of halogens is 3. The smallest absolute Gasteiger partial charge is 0.191 e. The van der Waals surface area contributed by atoms with Crippen LogP contribution in [0.4, 0.5) is 8.78 Å². The highest BCUT2D eigenvalue weighted by Crippen LogP contribution is 2.19. The predicted molar refractivity (Wildman–Crippen MR) is 110 cm³/mol. The summed E-state index contributed by atoms with van der Waals surface area (Å²) in [5.41, 5.74) is 1.31. The van der Waals surface area contributed by atoms with Gasteiger partial charge in [0.25, 0.3) is 0 Å². The Bertz CT molecular complexity index is 704. The summed E-state index contributed by atoms with van der Waals surface area (Å²) in [7, 11) is 1.64. The number of aromatic nitrogens is 1. The Morgan fingerprint density at radius 3 is 2.68 bits per heavy atom. The van der Waals surface area contributed by atoms with E-state index in [2.05, 4.69) is 39.8 Å². The van der Waals surface area contributed by atoms with Crippen molar-refractivity contribution in [1.29, 1.82) is 0 Å². The number of benzene rings is 1. The molecule has 4 nitrogen and oxygen atoms in total. The van der Waals surface area contributed by atoms with E-state index in [-0.39, 0.29) is 36.1 Å². The van der Waals surface area contributed by atoms with E-state index in [4.69, 9.17) is 0 Å². The topological polar surface area (TPSA) is 49.3 Å². The van der Waals surface area contributed by atoms with E-state index in [1.54, 1.807) is 18.4 Å². The molecule has 0 amide bonds. The summed E-state index contributed by atoms with van der Waals surface area (Å²) >= 11 is 1.67. The highest BCUT2D eigenvalue weighted by molar-refractivity contribution is 14.0. The van der Waals surface area contributed by atoms with E-state index in [1.165, 1.54) is 6.07 Å². The SMILES string of the molecule is CN=C(NCCc1csc(C(C)C)n1)NCc1cc(F)ccc1F.I. The van der Waals surface area contributed by atoms with Gasteiger partial charge in [-0.25, -0.2) is 13.8 Å². The second-order valence-corrected chi connectivity index (χ2v) is 6.56. The van der Waals surface area contributed by atoms with Crippen LogP contribution in [0.25, 0.3) is 0 Å². The Morgan fingerprint density at radius 1 is 1.28 bits per heavy atom. The zero-order chi connectivity index (χ0) is 17.5. The van der Waals surface area contributed by atoms with Gasteiger partial charge >= 0.3 is 0 Å². The Balaban J connectivity index is 0.00000312. The van der Waals surface area contributed by atoms with Crippen molar-refractivity contribution in [3.8, 4) is 0 Å². The van der Waals surface area contributed by atoms with Crippen LogP contribution in [-0.4, -0.2) is 24.5 Å². The molecule has 0 spiro atoms. The fourth-order valence-electron chi connectivity index (χ4n) is 2.09. The molecule has 0 saturated carbocycles. The van der Waals surface area contributed by atoms with Gasteiger partial charge in [-0.05, 0) is 18.2 Å². The largest absolute Gasteiger partial charge is 0.356 e. The molecule has 0 aliphatic rings. The first-order chi connectivity index (χ1) is 11.5. The molecule has 0 radical (unpaired) electrons. The lowest BCUT2D eigenvalue weighted by atomic mass is 10.2. The van der Waals surface area contributed by atoms with Crippen molar-refractivity contribution in [2.24, 2.45) is 4.99 Å². The van der Waals surface area contributed by atoms with Gasteiger partial charge in [0.05, 0.1) is 10.7 Å². The van der Waals surface area contributed by atoms with E-state index >= 15 is 0 Å². The molecule has 2 rings (SSSR count). The number of nitrogens with zero attached hydrogens (tertiary/aromatic N) is 2. The summed E-state index contributed by atoms with van der Waals surface area (Å²) in [5.74, 6) is 0.0777. The maximum Gasteiger partial charge on any atom is 0.191 e. The third-order valence-electron chi connectivity index (χ3n) is 3.41. The predicted octanol–water partition coefficient (Wildman–Crippen LogP) is 4.07. The van der Waals surface area contributed by atoms with Crippen molar-refractivity contribution >= 4 is 41.3 Å². The van der Waals surface area contributed by atoms with E-state index in [0.29, 0.717) is 18.4 Å². The molecule has 2 aromatic rings. The van der Waals surface area contributed by atoms with Gasteiger partial charge in [0.2, 0.25) is 0 Å². The number of rotatable bonds is 6. The summed E-state index contributed by atoms with van der Waals surface area (Å²) in [6, 6.07) is 3.40. The Kier molecular flexibility index (Phi) is 9.26. The maximum absolute atomic E-state index is 13.6. The van der Waals surface area contributed by atoms with Crippen LogP contribution in [-0.2, 0) is 13.0 Å². The van der Waals surface area contributed by atoms with Crippen molar-refractivity contribution in [2.75, 3.05) is 13.6 Å². The summed E-state index contributed by atoms with van der Waals surface area (Å²) in [4.78, 5) is 8.65. The highest BCUT2D eigenvalue weighted by atomic mass is 127.